The standard InChI is InChI=1S/C19H32N6O2/c1-25(2)10-7-9-22-19-23-15-13-17(27-11-6-4-5-8-20)16(26-3)12-14(15)18(21)24-19/h12-13H,4-11,20H2,1-3H3,(H3,21,22,23,24)/p+2. The lowest BCUT2D eigenvalue weighted by Gasteiger charge is -2.13. The second kappa shape index (κ2) is 10.7. The van der Waals surface area contributed by atoms with Crippen molar-refractivity contribution in [2.45, 2.75) is 25.7 Å². The van der Waals surface area contributed by atoms with Crippen molar-refractivity contribution in [1.82, 2.24) is 9.97 Å². The number of nitrogens with one attached hydrogen (secondary N) is 2. The molecule has 27 heavy (non-hydrogen) atoms. The summed E-state index contributed by atoms with van der Waals surface area (Å²) in [5, 5.41) is 4.02. The highest BCUT2D eigenvalue weighted by atomic mass is 16.5. The van der Waals surface area contributed by atoms with Crippen LogP contribution < -0.4 is 31.2 Å². The van der Waals surface area contributed by atoms with Gasteiger partial charge < -0.3 is 31.2 Å². The molecule has 8 heteroatoms. The van der Waals surface area contributed by atoms with Gasteiger partial charge in [-0.1, -0.05) is 0 Å². The molecule has 0 spiro atoms. The molecular weight excluding hydrogens is 344 g/mol. The first-order valence-electron chi connectivity index (χ1n) is 9.65. The summed E-state index contributed by atoms with van der Waals surface area (Å²) in [5.74, 6) is 2.30. The zero-order valence-electron chi connectivity index (χ0n) is 16.8. The maximum Gasteiger partial charge on any atom is 0.225 e. The smallest absolute Gasteiger partial charge is 0.225 e. The first-order chi connectivity index (χ1) is 13.0. The van der Waals surface area contributed by atoms with E-state index in [0.717, 1.165) is 56.2 Å². The first-order valence-corrected chi connectivity index (χ1v) is 9.65. The number of benzene rings is 1. The largest absolute Gasteiger partial charge is 0.493 e. The zero-order chi connectivity index (χ0) is 19.6. The van der Waals surface area contributed by atoms with Crippen LogP contribution in [0.5, 0.6) is 11.5 Å². The molecule has 0 aliphatic heterocycles. The molecule has 150 valence electrons. The van der Waals surface area contributed by atoms with Gasteiger partial charge in [0.05, 0.1) is 46.4 Å². The predicted molar refractivity (Wildman–Crippen MR) is 108 cm³/mol. The van der Waals surface area contributed by atoms with Gasteiger partial charge in [0.1, 0.15) is 5.82 Å². The molecular formula is C19H34N6O2+2. The lowest BCUT2D eigenvalue weighted by Crippen LogP contribution is -3.05. The number of rotatable bonds is 12. The zero-order valence-corrected chi connectivity index (χ0v) is 16.8. The topological polar surface area (TPSA) is 114 Å². The van der Waals surface area contributed by atoms with Gasteiger partial charge in [-0.2, -0.15) is 4.98 Å². The van der Waals surface area contributed by atoms with Gasteiger partial charge in [0, 0.05) is 24.4 Å². The number of nitrogens with zero attached hydrogens (tertiary/aromatic N) is 2. The summed E-state index contributed by atoms with van der Waals surface area (Å²) in [6.45, 7) is 3.49. The van der Waals surface area contributed by atoms with Gasteiger partial charge in [-0.25, -0.2) is 4.98 Å². The highest BCUT2D eigenvalue weighted by Crippen LogP contribution is 2.34. The Morgan fingerprint density at radius 3 is 2.63 bits per heavy atom. The predicted octanol–water partition coefficient (Wildman–Crippen LogP) is -0.0419. The van der Waals surface area contributed by atoms with Crippen LogP contribution in [-0.2, 0) is 0 Å². The number of unbranched alkanes of at least 4 members (excludes halogenated alkanes) is 2. The average molecular weight is 379 g/mol. The van der Waals surface area contributed by atoms with Crippen LogP contribution in [0.1, 0.15) is 25.7 Å². The van der Waals surface area contributed by atoms with E-state index in [2.05, 4.69) is 35.1 Å². The van der Waals surface area contributed by atoms with E-state index in [1.165, 1.54) is 4.90 Å². The molecule has 1 aromatic heterocycles. The van der Waals surface area contributed by atoms with E-state index in [1.807, 2.05) is 12.1 Å². The van der Waals surface area contributed by atoms with Crippen LogP contribution in [0.3, 0.4) is 0 Å². The highest BCUT2D eigenvalue weighted by Gasteiger charge is 2.12. The monoisotopic (exact) mass is 378 g/mol. The number of nitrogens with two attached hydrogens (primary N) is 1. The Balaban J connectivity index is 2.12. The lowest BCUT2D eigenvalue weighted by atomic mass is 10.2. The fourth-order valence-corrected chi connectivity index (χ4v) is 2.79. The van der Waals surface area contributed by atoms with Crippen molar-refractivity contribution < 1.29 is 20.1 Å². The van der Waals surface area contributed by atoms with Crippen LogP contribution >= 0.6 is 0 Å². The van der Waals surface area contributed by atoms with E-state index in [1.54, 1.807) is 7.11 Å². The third-order valence-corrected chi connectivity index (χ3v) is 4.30. The van der Waals surface area contributed by atoms with Gasteiger partial charge >= 0.3 is 0 Å². The van der Waals surface area contributed by atoms with Crippen molar-refractivity contribution in [3.63, 3.8) is 0 Å². The molecule has 2 aromatic rings. The number of ether oxygens (including phenoxy) is 2. The molecule has 0 fully saturated rings. The van der Waals surface area contributed by atoms with Crippen molar-refractivity contribution >= 4 is 22.7 Å². The second-order valence-corrected chi connectivity index (χ2v) is 6.95. The number of hydrogen-bond donors (Lipinski definition) is 4. The quantitative estimate of drug-likeness (QED) is 0.385. The van der Waals surface area contributed by atoms with Gasteiger partial charge in [0.15, 0.2) is 11.5 Å². The molecule has 8 nitrogen and oxygen atoms in total. The number of methoxy groups -OCH3 is 1. The number of hydrogen-bond acceptors (Lipinski definition) is 6. The van der Waals surface area contributed by atoms with Gasteiger partial charge in [-0.05, 0) is 25.3 Å². The molecule has 1 heterocycles. The van der Waals surface area contributed by atoms with E-state index in [-0.39, 0.29) is 0 Å². The maximum absolute atomic E-state index is 6.14. The summed E-state index contributed by atoms with van der Waals surface area (Å²) in [5.41, 5.74) is 10.7. The summed E-state index contributed by atoms with van der Waals surface area (Å²) in [6.07, 6.45) is 4.25. The summed E-state index contributed by atoms with van der Waals surface area (Å²) in [4.78, 5) is 10.4. The van der Waals surface area contributed by atoms with Crippen LogP contribution in [0.2, 0.25) is 0 Å². The summed E-state index contributed by atoms with van der Waals surface area (Å²) in [7, 11) is 5.90. The molecule has 0 unspecified atom stereocenters. The minimum atomic E-state index is 0.432. The summed E-state index contributed by atoms with van der Waals surface area (Å²) < 4.78 is 11.4. The summed E-state index contributed by atoms with van der Waals surface area (Å²) in [6, 6.07) is 3.72. The Morgan fingerprint density at radius 2 is 1.93 bits per heavy atom. The lowest BCUT2D eigenvalue weighted by molar-refractivity contribution is -0.858. The number of anilines is 2. The van der Waals surface area contributed by atoms with E-state index < -0.39 is 0 Å². The molecule has 2 rings (SSSR count). The average Bonchev–Trinajstić information content (AvgIpc) is 2.64. The van der Waals surface area contributed by atoms with E-state index in [4.69, 9.17) is 15.2 Å². The number of fused-ring (bicyclic) bond motifs is 1. The normalized spacial score (nSPS) is 11.1. The van der Waals surface area contributed by atoms with E-state index >= 15 is 0 Å². The van der Waals surface area contributed by atoms with Crippen molar-refractivity contribution in [2.24, 2.45) is 0 Å². The van der Waals surface area contributed by atoms with Gasteiger partial charge in [-0.3, -0.25) is 0 Å². The van der Waals surface area contributed by atoms with Crippen molar-refractivity contribution in [3.8, 4) is 11.5 Å². The van der Waals surface area contributed by atoms with Crippen molar-refractivity contribution in [2.75, 3.05) is 58.5 Å². The number of nitrogen functional groups attached to an aromatic ring is 1. The van der Waals surface area contributed by atoms with Crippen molar-refractivity contribution in [3.05, 3.63) is 12.1 Å². The SMILES string of the molecule is COc1cc2c(N)nc(NCCC[NH+](C)C)nc2cc1OCCCCC[NH3+]. The third-order valence-electron chi connectivity index (χ3n) is 4.30. The first kappa shape index (κ1) is 21.0. The number of aromatic nitrogens is 2. The van der Waals surface area contributed by atoms with Gasteiger partial charge in [0.25, 0.3) is 0 Å². The van der Waals surface area contributed by atoms with Crippen LogP contribution in [0, 0.1) is 0 Å². The van der Waals surface area contributed by atoms with E-state index in [0.29, 0.717) is 29.9 Å². The highest BCUT2D eigenvalue weighted by molar-refractivity contribution is 5.91. The van der Waals surface area contributed by atoms with Crippen LogP contribution in [0.15, 0.2) is 12.1 Å². The van der Waals surface area contributed by atoms with Gasteiger partial charge in [-0.15, -0.1) is 0 Å². The molecule has 0 saturated carbocycles. The Labute approximate surface area is 161 Å². The molecule has 0 atom stereocenters. The molecule has 0 amide bonds. The Kier molecular flexibility index (Phi) is 8.35. The fraction of sp³-hybridized carbons (Fsp3) is 0.579. The molecule has 0 bridgehead atoms. The second-order valence-electron chi connectivity index (χ2n) is 6.95. The maximum atomic E-state index is 6.14. The van der Waals surface area contributed by atoms with E-state index in [9.17, 15) is 0 Å². The van der Waals surface area contributed by atoms with Crippen LogP contribution in [0.4, 0.5) is 11.8 Å². The Bertz CT molecular complexity index is 723. The number of quaternary nitrogens is 2. The molecule has 7 N–H and O–H groups in total. The minimum Gasteiger partial charge on any atom is -0.493 e. The minimum absolute atomic E-state index is 0.432. The molecule has 0 aliphatic carbocycles. The van der Waals surface area contributed by atoms with Crippen molar-refractivity contribution in [1.29, 1.82) is 0 Å². The Hall–Kier alpha value is -2.32. The van der Waals surface area contributed by atoms with Crippen LogP contribution in [0.25, 0.3) is 10.9 Å². The molecule has 0 radical (unpaired) electrons. The molecule has 0 saturated heterocycles. The molecule has 1 aromatic carbocycles. The fourth-order valence-electron chi connectivity index (χ4n) is 2.79. The molecule has 0 aliphatic rings. The van der Waals surface area contributed by atoms with Gasteiger partial charge in [0.2, 0.25) is 5.95 Å². The summed E-state index contributed by atoms with van der Waals surface area (Å²) >= 11 is 0. The third kappa shape index (κ3) is 6.41. The Morgan fingerprint density at radius 1 is 1.11 bits per heavy atom. The van der Waals surface area contributed by atoms with Crippen LogP contribution in [-0.4, -0.2) is 57.4 Å².